The number of carboxylic acids is 1. The zero-order valence-corrected chi connectivity index (χ0v) is 13.3. The third-order valence-corrected chi connectivity index (χ3v) is 4.04. The smallest absolute Gasteiger partial charge is 0.317 e. The van der Waals surface area contributed by atoms with Crippen LogP contribution in [0.1, 0.15) is 49.9 Å². The maximum Gasteiger partial charge on any atom is 0.317 e. The summed E-state index contributed by atoms with van der Waals surface area (Å²) in [7, 11) is 0. The van der Waals surface area contributed by atoms with E-state index in [9.17, 15) is 4.79 Å². The standard InChI is InChI=1S/C17H25NO3/c1-11(2)5-6-21-16-8-12(3)7-14-13(4)18(9-15(14)16)10-17(19)20/h7-8,11,13H,5-6,9-10H2,1-4H3,(H,19,20). The van der Waals surface area contributed by atoms with Gasteiger partial charge < -0.3 is 9.84 Å². The van der Waals surface area contributed by atoms with Crippen LogP contribution in [0.2, 0.25) is 0 Å². The van der Waals surface area contributed by atoms with Crippen molar-refractivity contribution in [1.29, 1.82) is 0 Å². The topological polar surface area (TPSA) is 49.8 Å². The van der Waals surface area contributed by atoms with Crippen molar-refractivity contribution in [2.75, 3.05) is 13.2 Å². The number of benzene rings is 1. The van der Waals surface area contributed by atoms with Crippen LogP contribution in [0.3, 0.4) is 0 Å². The van der Waals surface area contributed by atoms with Crippen LogP contribution in [0.4, 0.5) is 0 Å². The van der Waals surface area contributed by atoms with Crippen LogP contribution >= 0.6 is 0 Å². The van der Waals surface area contributed by atoms with Crippen LogP contribution in [-0.4, -0.2) is 29.1 Å². The molecule has 0 saturated carbocycles. The van der Waals surface area contributed by atoms with E-state index in [0.717, 1.165) is 23.3 Å². The fourth-order valence-corrected chi connectivity index (χ4v) is 2.79. The van der Waals surface area contributed by atoms with Crippen LogP contribution < -0.4 is 4.74 Å². The summed E-state index contributed by atoms with van der Waals surface area (Å²) in [6.45, 7) is 9.91. The summed E-state index contributed by atoms with van der Waals surface area (Å²) < 4.78 is 5.97. The van der Waals surface area contributed by atoms with E-state index in [2.05, 4.69) is 39.8 Å². The van der Waals surface area contributed by atoms with Crippen molar-refractivity contribution < 1.29 is 14.6 Å². The van der Waals surface area contributed by atoms with Gasteiger partial charge in [-0.25, -0.2) is 0 Å². The van der Waals surface area contributed by atoms with E-state index >= 15 is 0 Å². The number of fused-ring (bicyclic) bond motifs is 1. The van der Waals surface area contributed by atoms with Crippen molar-refractivity contribution in [3.8, 4) is 5.75 Å². The lowest BCUT2D eigenvalue weighted by molar-refractivity contribution is -0.138. The summed E-state index contributed by atoms with van der Waals surface area (Å²) >= 11 is 0. The second kappa shape index (κ2) is 6.48. The maximum atomic E-state index is 11.0. The van der Waals surface area contributed by atoms with Crippen LogP contribution in [0.15, 0.2) is 12.1 Å². The lowest BCUT2D eigenvalue weighted by Crippen LogP contribution is -2.26. The number of aliphatic carboxylic acids is 1. The lowest BCUT2D eigenvalue weighted by atomic mass is 10.0. The number of ether oxygens (including phenoxy) is 1. The van der Waals surface area contributed by atoms with Gasteiger partial charge in [0.2, 0.25) is 0 Å². The van der Waals surface area contributed by atoms with Crippen LogP contribution in [0.25, 0.3) is 0 Å². The van der Waals surface area contributed by atoms with Gasteiger partial charge in [0, 0.05) is 18.2 Å². The molecule has 21 heavy (non-hydrogen) atoms. The number of nitrogens with zero attached hydrogens (tertiary/aromatic N) is 1. The van der Waals surface area contributed by atoms with Gasteiger partial charge in [-0.05, 0) is 43.4 Å². The highest BCUT2D eigenvalue weighted by Gasteiger charge is 2.30. The molecule has 4 heteroatoms. The van der Waals surface area contributed by atoms with Crippen molar-refractivity contribution >= 4 is 5.97 Å². The Morgan fingerprint density at radius 1 is 1.48 bits per heavy atom. The van der Waals surface area contributed by atoms with E-state index in [-0.39, 0.29) is 12.6 Å². The van der Waals surface area contributed by atoms with Gasteiger partial charge in [-0.15, -0.1) is 0 Å². The summed E-state index contributed by atoms with van der Waals surface area (Å²) in [5.74, 6) is 0.754. The molecule has 2 rings (SSSR count). The average molecular weight is 291 g/mol. The summed E-state index contributed by atoms with van der Waals surface area (Å²) in [4.78, 5) is 13.0. The normalized spacial score (nSPS) is 18.0. The Balaban J connectivity index is 2.19. The van der Waals surface area contributed by atoms with Crippen molar-refractivity contribution in [1.82, 2.24) is 4.90 Å². The molecule has 1 aromatic rings. The van der Waals surface area contributed by atoms with Gasteiger partial charge in [0.25, 0.3) is 0 Å². The number of hydrogen-bond donors (Lipinski definition) is 1. The van der Waals surface area contributed by atoms with Gasteiger partial charge in [-0.1, -0.05) is 19.9 Å². The summed E-state index contributed by atoms with van der Waals surface area (Å²) in [5.41, 5.74) is 3.52. The molecule has 0 aliphatic carbocycles. The third-order valence-electron chi connectivity index (χ3n) is 4.04. The van der Waals surface area contributed by atoms with Gasteiger partial charge in [0.05, 0.1) is 13.2 Å². The Kier molecular flexibility index (Phi) is 4.88. The molecule has 0 aromatic heterocycles. The predicted octanol–water partition coefficient (Wildman–Crippen LogP) is 3.38. The molecule has 0 bridgehead atoms. The first kappa shape index (κ1) is 15.8. The fraction of sp³-hybridized carbons (Fsp3) is 0.588. The molecule has 1 aromatic carbocycles. The zero-order chi connectivity index (χ0) is 15.6. The Bertz CT molecular complexity index is 525. The Morgan fingerprint density at radius 2 is 2.19 bits per heavy atom. The molecule has 0 amide bonds. The molecule has 116 valence electrons. The molecule has 1 aliphatic rings. The number of rotatable bonds is 6. The maximum absolute atomic E-state index is 11.0. The van der Waals surface area contributed by atoms with E-state index in [1.165, 1.54) is 5.56 Å². The van der Waals surface area contributed by atoms with Crippen LogP contribution in [-0.2, 0) is 11.3 Å². The quantitative estimate of drug-likeness (QED) is 0.873. The van der Waals surface area contributed by atoms with E-state index in [4.69, 9.17) is 9.84 Å². The van der Waals surface area contributed by atoms with Crippen LogP contribution in [0.5, 0.6) is 5.75 Å². The minimum atomic E-state index is -0.784. The number of hydrogen-bond acceptors (Lipinski definition) is 3. The average Bonchev–Trinajstić information content (AvgIpc) is 2.66. The highest BCUT2D eigenvalue weighted by molar-refractivity contribution is 5.69. The third kappa shape index (κ3) is 3.76. The highest BCUT2D eigenvalue weighted by Crippen LogP contribution is 2.39. The predicted molar refractivity (Wildman–Crippen MR) is 82.6 cm³/mol. The van der Waals surface area contributed by atoms with Crippen LogP contribution in [0, 0.1) is 12.8 Å². The molecule has 1 N–H and O–H groups in total. The Labute approximate surface area is 126 Å². The molecule has 1 heterocycles. The molecular weight excluding hydrogens is 266 g/mol. The van der Waals surface area contributed by atoms with E-state index < -0.39 is 5.97 Å². The van der Waals surface area contributed by atoms with Crippen molar-refractivity contribution in [3.63, 3.8) is 0 Å². The van der Waals surface area contributed by atoms with Gasteiger partial charge >= 0.3 is 5.97 Å². The monoisotopic (exact) mass is 291 g/mol. The SMILES string of the molecule is Cc1cc(OCCC(C)C)c2c(c1)C(C)N(CC(=O)O)C2. The Morgan fingerprint density at radius 3 is 2.81 bits per heavy atom. The molecule has 1 aliphatic heterocycles. The fourth-order valence-electron chi connectivity index (χ4n) is 2.79. The van der Waals surface area contributed by atoms with Crippen molar-refractivity contribution in [2.24, 2.45) is 5.92 Å². The molecule has 0 saturated heterocycles. The highest BCUT2D eigenvalue weighted by atomic mass is 16.5. The molecule has 1 unspecified atom stereocenters. The number of aryl methyl sites for hydroxylation is 1. The molecular formula is C17H25NO3. The zero-order valence-electron chi connectivity index (χ0n) is 13.3. The summed E-state index contributed by atoms with van der Waals surface area (Å²) in [6, 6.07) is 4.34. The summed E-state index contributed by atoms with van der Waals surface area (Å²) in [6.07, 6.45) is 1.02. The van der Waals surface area contributed by atoms with Gasteiger partial charge in [-0.2, -0.15) is 0 Å². The first-order valence-electron chi connectivity index (χ1n) is 7.60. The second-order valence-electron chi connectivity index (χ2n) is 6.34. The molecule has 0 spiro atoms. The van der Waals surface area contributed by atoms with E-state index in [0.29, 0.717) is 19.1 Å². The number of carboxylic acid groups (broad SMARTS) is 1. The summed E-state index contributed by atoms with van der Waals surface area (Å²) in [5, 5.41) is 9.02. The molecule has 1 atom stereocenters. The first-order valence-corrected chi connectivity index (χ1v) is 7.60. The largest absolute Gasteiger partial charge is 0.493 e. The minimum absolute atomic E-state index is 0.0698. The van der Waals surface area contributed by atoms with Crippen molar-refractivity contribution in [3.05, 3.63) is 28.8 Å². The lowest BCUT2D eigenvalue weighted by Gasteiger charge is -2.18. The van der Waals surface area contributed by atoms with Crippen molar-refractivity contribution in [2.45, 2.75) is 46.7 Å². The van der Waals surface area contributed by atoms with Gasteiger partial charge in [0.1, 0.15) is 5.75 Å². The van der Waals surface area contributed by atoms with Gasteiger partial charge in [0.15, 0.2) is 0 Å². The van der Waals surface area contributed by atoms with E-state index in [1.54, 1.807) is 0 Å². The minimum Gasteiger partial charge on any atom is -0.493 e. The molecule has 0 radical (unpaired) electrons. The number of carbonyl (C=O) groups is 1. The molecule has 0 fully saturated rings. The van der Waals surface area contributed by atoms with E-state index in [1.807, 2.05) is 4.90 Å². The first-order chi connectivity index (χ1) is 9.88. The Hall–Kier alpha value is -1.55. The second-order valence-corrected chi connectivity index (χ2v) is 6.34. The molecule has 4 nitrogen and oxygen atoms in total. The van der Waals surface area contributed by atoms with Gasteiger partial charge in [-0.3, -0.25) is 9.69 Å².